The van der Waals surface area contributed by atoms with Crippen LogP contribution in [-0.4, -0.2) is 28.6 Å². The summed E-state index contributed by atoms with van der Waals surface area (Å²) in [5.74, 6) is -1.95. The summed E-state index contributed by atoms with van der Waals surface area (Å²) in [5.41, 5.74) is -0.423. The molecule has 1 atom stereocenters. The second kappa shape index (κ2) is 5.62. The molecule has 108 valence electrons. The first-order chi connectivity index (χ1) is 9.41. The van der Waals surface area contributed by atoms with Crippen molar-refractivity contribution in [1.29, 1.82) is 0 Å². The van der Waals surface area contributed by atoms with Crippen LogP contribution in [0.3, 0.4) is 0 Å². The van der Waals surface area contributed by atoms with Gasteiger partial charge in [-0.15, -0.1) is 0 Å². The van der Waals surface area contributed by atoms with Crippen LogP contribution in [0, 0.1) is 15.9 Å². The lowest BCUT2D eigenvalue weighted by Gasteiger charge is -2.34. The molecule has 1 aromatic rings. The summed E-state index contributed by atoms with van der Waals surface area (Å²) in [5, 5.41) is 20.0. The third-order valence-corrected chi connectivity index (χ3v) is 3.60. The van der Waals surface area contributed by atoms with Crippen LogP contribution >= 0.6 is 11.6 Å². The minimum Gasteiger partial charge on any atom is -0.480 e. The van der Waals surface area contributed by atoms with Crippen LogP contribution in [0.5, 0.6) is 0 Å². The monoisotopic (exact) mass is 302 g/mol. The van der Waals surface area contributed by atoms with E-state index in [1.54, 1.807) is 0 Å². The van der Waals surface area contributed by atoms with E-state index >= 15 is 0 Å². The van der Waals surface area contributed by atoms with Crippen molar-refractivity contribution in [3.8, 4) is 0 Å². The average Bonchev–Trinajstić information content (AvgIpc) is 2.41. The van der Waals surface area contributed by atoms with Gasteiger partial charge in [0.1, 0.15) is 17.5 Å². The van der Waals surface area contributed by atoms with E-state index in [2.05, 4.69) is 0 Å². The Balaban J connectivity index is 2.51. The number of nitro benzene ring substituents is 1. The second-order valence-electron chi connectivity index (χ2n) is 4.56. The number of piperidine rings is 1. The van der Waals surface area contributed by atoms with Crippen LogP contribution in [0.2, 0.25) is 5.02 Å². The van der Waals surface area contributed by atoms with Crippen molar-refractivity contribution in [2.24, 2.45) is 0 Å². The molecule has 1 heterocycles. The van der Waals surface area contributed by atoms with E-state index < -0.39 is 28.4 Å². The fraction of sp³-hybridized carbons (Fsp3) is 0.417. The maximum Gasteiger partial charge on any atom is 0.326 e. The molecule has 1 saturated heterocycles. The molecule has 1 aromatic carbocycles. The number of anilines is 1. The Kier molecular flexibility index (Phi) is 4.08. The molecule has 2 rings (SSSR count). The van der Waals surface area contributed by atoms with Gasteiger partial charge in [-0.3, -0.25) is 10.1 Å². The number of aliphatic carboxylic acids is 1. The third-order valence-electron chi connectivity index (χ3n) is 3.31. The zero-order chi connectivity index (χ0) is 14.9. The van der Waals surface area contributed by atoms with Gasteiger partial charge < -0.3 is 10.0 Å². The van der Waals surface area contributed by atoms with Crippen LogP contribution in [-0.2, 0) is 4.79 Å². The Morgan fingerprint density at radius 2 is 2.20 bits per heavy atom. The molecule has 0 aliphatic carbocycles. The molecule has 0 aromatic heterocycles. The maximum atomic E-state index is 13.4. The highest BCUT2D eigenvalue weighted by molar-refractivity contribution is 6.31. The average molecular weight is 303 g/mol. The van der Waals surface area contributed by atoms with Crippen LogP contribution in [0.25, 0.3) is 0 Å². The maximum absolute atomic E-state index is 13.4. The van der Waals surface area contributed by atoms with E-state index in [1.807, 2.05) is 0 Å². The Hall–Kier alpha value is -1.89. The van der Waals surface area contributed by atoms with E-state index in [1.165, 1.54) is 4.90 Å². The number of rotatable bonds is 3. The lowest BCUT2D eigenvalue weighted by atomic mass is 10.0. The van der Waals surface area contributed by atoms with Gasteiger partial charge in [-0.1, -0.05) is 11.6 Å². The van der Waals surface area contributed by atoms with E-state index in [0.717, 1.165) is 25.0 Å². The van der Waals surface area contributed by atoms with Crippen LogP contribution in [0.15, 0.2) is 12.1 Å². The van der Waals surface area contributed by atoms with Crippen LogP contribution in [0.1, 0.15) is 19.3 Å². The van der Waals surface area contributed by atoms with Crippen molar-refractivity contribution in [3.63, 3.8) is 0 Å². The minimum absolute atomic E-state index is 0.0495. The van der Waals surface area contributed by atoms with Crippen molar-refractivity contribution in [3.05, 3.63) is 33.1 Å². The largest absolute Gasteiger partial charge is 0.480 e. The fourth-order valence-electron chi connectivity index (χ4n) is 2.38. The van der Waals surface area contributed by atoms with E-state index in [9.17, 15) is 24.4 Å². The van der Waals surface area contributed by atoms with Gasteiger partial charge >= 0.3 is 5.97 Å². The lowest BCUT2D eigenvalue weighted by molar-refractivity contribution is -0.384. The number of carboxylic acid groups (broad SMARTS) is 1. The number of nitro groups is 1. The van der Waals surface area contributed by atoms with Crippen LogP contribution in [0.4, 0.5) is 15.8 Å². The number of hydrogen-bond donors (Lipinski definition) is 1. The van der Waals surface area contributed by atoms with Gasteiger partial charge in [0, 0.05) is 6.54 Å². The highest BCUT2D eigenvalue weighted by Gasteiger charge is 2.33. The molecule has 1 aliphatic rings. The molecule has 0 spiro atoms. The van der Waals surface area contributed by atoms with Crippen molar-refractivity contribution < 1.29 is 19.2 Å². The lowest BCUT2D eigenvalue weighted by Crippen LogP contribution is -2.45. The number of nitrogens with zero attached hydrogens (tertiary/aromatic N) is 2. The molecule has 1 aliphatic heterocycles. The molecule has 6 nitrogen and oxygen atoms in total. The highest BCUT2D eigenvalue weighted by atomic mass is 35.5. The van der Waals surface area contributed by atoms with Gasteiger partial charge in [0.05, 0.1) is 16.0 Å². The normalized spacial score (nSPS) is 18.9. The number of carbonyl (C=O) groups is 1. The van der Waals surface area contributed by atoms with E-state index in [4.69, 9.17) is 11.6 Å². The second-order valence-corrected chi connectivity index (χ2v) is 4.96. The summed E-state index contributed by atoms with van der Waals surface area (Å²) in [6.07, 6.45) is 1.84. The predicted molar refractivity (Wildman–Crippen MR) is 70.7 cm³/mol. The molecule has 0 bridgehead atoms. The summed E-state index contributed by atoms with van der Waals surface area (Å²) >= 11 is 5.67. The molecule has 0 amide bonds. The Bertz CT molecular complexity index is 567. The first-order valence-electron chi connectivity index (χ1n) is 6.04. The summed E-state index contributed by atoms with van der Waals surface area (Å²) < 4.78 is 13.4. The summed E-state index contributed by atoms with van der Waals surface area (Å²) in [4.78, 5) is 23.0. The Morgan fingerprint density at radius 3 is 2.80 bits per heavy atom. The quantitative estimate of drug-likeness (QED) is 0.685. The topological polar surface area (TPSA) is 83.7 Å². The van der Waals surface area contributed by atoms with Crippen molar-refractivity contribution >= 4 is 28.9 Å². The Morgan fingerprint density at radius 1 is 1.50 bits per heavy atom. The minimum atomic E-state index is -1.06. The number of benzene rings is 1. The molecule has 0 saturated carbocycles. The summed E-state index contributed by atoms with van der Waals surface area (Å²) in [7, 11) is 0. The molecular weight excluding hydrogens is 291 g/mol. The SMILES string of the molecule is O=C(O)C1CCCCN1c1cc(Cl)c(F)cc1[N+](=O)[O-]. The number of halogens is 2. The molecule has 1 N–H and O–H groups in total. The first-order valence-corrected chi connectivity index (χ1v) is 6.42. The van der Waals surface area contributed by atoms with Gasteiger partial charge in [0.25, 0.3) is 5.69 Å². The summed E-state index contributed by atoms with van der Waals surface area (Å²) in [6, 6.07) is 0.991. The summed E-state index contributed by atoms with van der Waals surface area (Å²) in [6.45, 7) is 0.361. The van der Waals surface area contributed by atoms with Crippen molar-refractivity contribution in [2.45, 2.75) is 25.3 Å². The Labute approximate surface area is 118 Å². The van der Waals surface area contributed by atoms with Gasteiger partial charge in [-0.05, 0) is 25.3 Å². The zero-order valence-electron chi connectivity index (χ0n) is 10.4. The highest BCUT2D eigenvalue weighted by Crippen LogP contribution is 2.36. The molecule has 20 heavy (non-hydrogen) atoms. The molecular formula is C12H12ClFN2O4. The predicted octanol–water partition coefficient (Wildman–Crippen LogP) is 2.83. The standard InChI is InChI=1S/C12H12ClFN2O4/c13-7-5-10(11(16(19)20)6-8(7)14)15-4-2-1-3-9(15)12(17)18/h5-6,9H,1-4H2,(H,17,18). The van der Waals surface area contributed by atoms with Gasteiger partial charge in [0.2, 0.25) is 0 Å². The van der Waals surface area contributed by atoms with Crippen LogP contribution < -0.4 is 4.90 Å². The first kappa shape index (κ1) is 14.5. The van der Waals surface area contributed by atoms with Crippen molar-refractivity contribution in [2.75, 3.05) is 11.4 Å². The molecule has 8 heteroatoms. The number of hydrogen-bond acceptors (Lipinski definition) is 4. The van der Waals surface area contributed by atoms with Crippen molar-refractivity contribution in [1.82, 2.24) is 0 Å². The zero-order valence-corrected chi connectivity index (χ0v) is 11.1. The fourth-order valence-corrected chi connectivity index (χ4v) is 2.54. The molecule has 0 radical (unpaired) electrons. The third kappa shape index (κ3) is 2.67. The smallest absolute Gasteiger partial charge is 0.326 e. The van der Waals surface area contributed by atoms with E-state index in [0.29, 0.717) is 13.0 Å². The molecule has 1 fully saturated rings. The van der Waals surface area contributed by atoms with Gasteiger partial charge in [-0.2, -0.15) is 0 Å². The molecule has 1 unspecified atom stereocenters. The number of carboxylic acids is 1. The van der Waals surface area contributed by atoms with Gasteiger partial charge in [-0.25, -0.2) is 9.18 Å². The van der Waals surface area contributed by atoms with E-state index in [-0.39, 0.29) is 10.7 Å². The van der Waals surface area contributed by atoms with Gasteiger partial charge in [0.15, 0.2) is 0 Å².